The molecule has 184 valence electrons. The Kier molecular flexibility index (Phi) is 8.30. The van der Waals surface area contributed by atoms with Gasteiger partial charge in [-0.05, 0) is 64.2 Å². The zero-order valence-electron chi connectivity index (χ0n) is 20.0. The van der Waals surface area contributed by atoms with Crippen molar-refractivity contribution in [1.29, 1.82) is 5.41 Å². The number of oxazole rings is 1. The van der Waals surface area contributed by atoms with Gasteiger partial charge in [-0.15, -0.1) is 0 Å². The summed E-state index contributed by atoms with van der Waals surface area (Å²) in [4.78, 5) is 24.4. The molecule has 3 aromatic rings. The second-order valence-corrected chi connectivity index (χ2v) is 8.84. The van der Waals surface area contributed by atoms with Crippen LogP contribution in [0, 0.1) is 11.2 Å². The van der Waals surface area contributed by atoms with E-state index in [1.54, 1.807) is 39.0 Å². The van der Waals surface area contributed by atoms with Gasteiger partial charge in [0, 0.05) is 5.57 Å². The second kappa shape index (κ2) is 11.4. The summed E-state index contributed by atoms with van der Waals surface area (Å²) in [6.45, 7) is 5.23. The highest BCUT2D eigenvalue weighted by Gasteiger charge is 2.18. The van der Waals surface area contributed by atoms with Crippen LogP contribution in [0.5, 0.6) is 0 Å². The summed E-state index contributed by atoms with van der Waals surface area (Å²) in [6.07, 6.45) is 7.85. The summed E-state index contributed by atoms with van der Waals surface area (Å²) < 4.78 is 24.5. The number of carbonyl (C=O) groups excluding carboxylic acids is 1. The minimum atomic E-state index is -0.683. The largest absolute Gasteiger partial charge is 0.445 e. The van der Waals surface area contributed by atoms with Crippen molar-refractivity contribution in [1.82, 2.24) is 15.0 Å². The van der Waals surface area contributed by atoms with E-state index in [0.29, 0.717) is 29.9 Å². The number of anilines is 2. The van der Waals surface area contributed by atoms with Crippen LogP contribution in [0.4, 0.5) is 20.7 Å². The minimum absolute atomic E-state index is 0.00145. The third kappa shape index (κ3) is 7.73. The van der Waals surface area contributed by atoms with Gasteiger partial charge in [-0.1, -0.05) is 18.2 Å². The molecule has 3 rings (SSSR count). The SMILES string of the molecule is CC(C)(C)OC(=O)Nc1cnc(C(=N)/C=C(\CCCCc2ccccc2F)c2ncco2)nc1N. The van der Waals surface area contributed by atoms with Crippen LogP contribution in [-0.4, -0.2) is 32.4 Å². The number of unbranched alkanes of at least 4 members (excludes halogenated alkanes) is 1. The number of nitrogen functional groups attached to an aromatic ring is 1. The summed E-state index contributed by atoms with van der Waals surface area (Å²) in [7, 11) is 0. The molecule has 2 aromatic heterocycles. The maximum absolute atomic E-state index is 13.8. The Morgan fingerprint density at radius 2 is 2.03 bits per heavy atom. The number of aryl methyl sites for hydroxylation is 1. The number of aromatic nitrogens is 3. The molecule has 0 aliphatic carbocycles. The lowest BCUT2D eigenvalue weighted by Gasteiger charge is -2.19. The van der Waals surface area contributed by atoms with Crippen molar-refractivity contribution in [3.05, 3.63) is 72.1 Å². The first kappa shape index (κ1) is 25.5. The number of nitrogens with zero attached hydrogens (tertiary/aromatic N) is 3. The van der Waals surface area contributed by atoms with E-state index in [4.69, 9.17) is 20.3 Å². The lowest BCUT2D eigenvalue weighted by atomic mass is 10.0. The van der Waals surface area contributed by atoms with E-state index in [1.807, 2.05) is 6.07 Å². The lowest BCUT2D eigenvalue weighted by molar-refractivity contribution is 0.0636. The van der Waals surface area contributed by atoms with Crippen LogP contribution in [0.25, 0.3) is 5.57 Å². The van der Waals surface area contributed by atoms with Crippen LogP contribution >= 0.6 is 0 Å². The molecule has 0 unspecified atom stereocenters. The number of hydrogen-bond acceptors (Lipinski definition) is 8. The van der Waals surface area contributed by atoms with E-state index in [1.165, 1.54) is 24.7 Å². The Balaban J connectivity index is 1.67. The minimum Gasteiger partial charge on any atom is -0.445 e. The molecule has 0 fully saturated rings. The van der Waals surface area contributed by atoms with Crippen LogP contribution in [-0.2, 0) is 11.2 Å². The number of nitrogens with one attached hydrogen (secondary N) is 2. The Labute approximate surface area is 203 Å². The smallest absolute Gasteiger partial charge is 0.412 e. The maximum Gasteiger partial charge on any atom is 0.412 e. The van der Waals surface area contributed by atoms with Crippen molar-refractivity contribution in [2.45, 2.75) is 52.1 Å². The van der Waals surface area contributed by atoms with Crippen LogP contribution in [0.3, 0.4) is 0 Å². The highest BCUT2D eigenvalue weighted by molar-refractivity contribution is 6.08. The predicted molar refractivity (Wildman–Crippen MR) is 132 cm³/mol. The van der Waals surface area contributed by atoms with Crippen molar-refractivity contribution in [2.75, 3.05) is 11.1 Å². The topological polar surface area (TPSA) is 140 Å². The van der Waals surface area contributed by atoms with Crippen LogP contribution in [0.2, 0.25) is 0 Å². The van der Waals surface area contributed by atoms with Crippen molar-refractivity contribution in [3.8, 4) is 0 Å². The normalized spacial score (nSPS) is 11.8. The maximum atomic E-state index is 13.8. The molecule has 0 aliphatic rings. The molecular formula is C25H29FN6O3. The molecule has 0 aliphatic heterocycles. The van der Waals surface area contributed by atoms with Gasteiger partial charge in [-0.2, -0.15) is 0 Å². The highest BCUT2D eigenvalue weighted by Crippen LogP contribution is 2.22. The number of allylic oxidation sites excluding steroid dienone is 2. The molecule has 0 spiro atoms. The number of nitrogens with two attached hydrogens (primary N) is 1. The molecule has 0 bridgehead atoms. The van der Waals surface area contributed by atoms with Gasteiger partial charge in [0.2, 0.25) is 5.89 Å². The number of hydrogen-bond donors (Lipinski definition) is 3. The van der Waals surface area contributed by atoms with E-state index < -0.39 is 11.7 Å². The van der Waals surface area contributed by atoms with Gasteiger partial charge >= 0.3 is 6.09 Å². The fourth-order valence-electron chi connectivity index (χ4n) is 3.23. The molecule has 10 heteroatoms. The molecule has 35 heavy (non-hydrogen) atoms. The molecule has 1 aromatic carbocycles. The third-order valence-electron chi connectivity index (χ3n) is 4.82. The summed E-state index contributed by atoms with van der Waals surface area (Å²) in [5.41, 5.74) is 6.84. The van der Waals surface area contributed by atoms with E-state index in [0.717, 1.165) is 12.8 Å². The number of ether oxygens (including phenoxy) is 1. The van der Waals surface area contributed by atoms with Gasteiger partial charge in [0.15, 0.2) is 11.6 Å². The fraction of sp³-hybridized carbons (Fsp3) is 0.320. The first-order chi connectivity index (χ1) is 16.6. The predicted octanol–water partition coefficient (Wildman–Crippen LogP) is 5.40. The van der Waals surface area contributed by atoms with Gasteiger partial charge in [-0.3, -0.25) is 10.7 Å². The Morgan fingerprint density at radius 1 is 1.26 bits per heavy atom. The molecule has 4 N–H and O–H groups in total. The number of benzene rings is 1. The van der Waals surface area contributed by atoms with E-state index >= 15 is 0 Å². The van der Waals surface area contributed by atoms with Crippen molar-refractivity contribution in [2.24, 2.45) is 0 Å². The summed E-state index contributed by atoms with van der Waals surface area (Å²) in [5, 5.41) is 10.9. The molecule has 0 atom stereocenters. The quantitative estimate of drug-likeness (QED) is 0.275. The van der Waals surface area contributed by atoms with Gasteiger partial charge in [0.1, 0.15) is 23.4 Å². The first-order valence-corrected chi connectivity index (χ1v) is 11.2. The molecular weight excluding hydrogens is 451 g/mol. The van der Waals surface area contributed by atoms with Crippen molar-refractivity contribution >= 4 is 28.9 Å². The number of halogens is 1. The zero-order chi connectivity index (χ0) is 25.4. The molecule has 1 amide bonds. The second-order valence-electron chi connectivity index (χ2n) is 8.84. The Bertz CT molecular complexity index is 1200. The molecule has 0 saturated heterocycles. The van der Waals surface area contributed by atoms with Gasteiger partial charge in [0.05, 0.1) is 18.1 Å². The van der Waals surface area contributed by atoms with Crippen LogP contribution in [0.1, 0.15) is 57.3 Å². The van der Waals surface area contributed by atoms with Crippen molar-refractivity contribution < 1.29 is 18.3 Å². The fourth-order valence-corrected chi connectivity index (χ4v) is 3.23. The first-order valence-electron chi connectivity index (χ1n) is 11.2. The monoisotopic (exact) mass is 480 g/mol. The zero-order valence-corrected chi connectivity index (χ0v) is 20.0. The highest BCUT2D eigenvalue weighted by atomic mass is 19.1. The van der Waals surface area contributed by atoms with E-state index in [-0.39, 0.29) is 28.9 Å². The van der Waals surface area contributed by atoms with Gasteiger partial charge in [-0.25, -0.2) is 24.1 Å². The number of amides is 1. The van der Waals surface area contributed by atoms with Crippen LogP contribution < -0.4 is 11.1 Å². The number of rotatable bonds is 9. The Hall–Kier alpha value is -4.08. The van der Waals surface area contributed by atoms with Crippen LogP contribution in [0.15, 0.2) is 53.4 Å². The average molecular weight is 481 g/mol. The van der Waals surface area contributed by atoms with E-state index in [2.05, 4.69) is 20.3 Å². The molecule has 0 radical (unpaired) electrons. The van der Waals surface area contributed by atoms with Crippen molar-refractivity contribution in [3.63, 3.8) is 0 Å². The standard InChI is InChI=1S/C25H29FN6O3/c1-25(2,3)35-24(33)31-20-15-30-22(32-21(20)28)19(27)14-17(23-29-12-13-34-23)10-5-4-8-16-9-6-7-11-18(16)26/h6-7,9,11-15,27H,4-5,8,10H2,1-3H3,(H,31,33)(H2,28,30,32)/b17-14+,27-19?. The molecule has 9 nitrogen and oxygen atoms in total. The summed E-state index contributed by atoms with van der Waals surface area (Å²) >= 11 is 0. The lowest BCUT2D eigenvalue weighted by Crippen LogP contribution is -2.27. The summed E-state index contributed by atoms with van der Waals surface area (Å²) in [5.74, 6) is 0.253. The third-order valence-corrected chi connectivity index (χ3v) is 4.82. The van der Waals surface area contributed by atoms with E-state index in [9.17, 15) is 9.18 Å². The molecule has 0 saturated carbocycles. The average Bonchev–Trinajstić information content (AvgIpc) is 3.32. The Morgan fingerprint density at radius 3 is 2.69 bits per heavy atom. The van der Waals surface area contributed by atoms with Gasteiger partial charge < -0.3 is 14.9 Å². The van der Waals surface area contributed by atoms with Gasteiger partial charge in [0.25, 0.3) is 0 Å². The summed E-state index contributed by atoms with van der Waals surface area (Å²) in [6, 6.07) is 6.72. The number of carbonyl (C=O) groups is 1. The molecule has 2 heterocycles.